The first-order valence-corrected chi connectivity index (χ1v) is 13.0. The van der Waals surface area contributed by atoms with E-state index in [4.69, 9.17) is 34.8 Å². The number of nitrogens with zero attached hydrogens (tertiary/aromatic N) is 7. The molecule has 206 valence electrons. The number of halogens is 5. The Balaban J connectivity index is 0.00000176. The van der Waals surface area contributed by atoms with Crippen molar-refractivity contribution in [2.24, 2.45) is 4.99 Å². The van der Waals surface area contributed by atoms with Gasteiger partial charge in [-0.25, -0.2) is 9.88 Å². The number of nitrogens with one attached hydrogen (secondary N) is 1. The Bertz CT molecular complexity index is 1410. The highest BCUT2D eigenvalue weighted by molar-refractivity contribution is 6.43. The molecule has 1 aromatic heterocycles. The van der Waals surface area contributed by atoms with Crippen LogP contribution in [0.1, 0.15) is 10.4 Å². The fraction of sp³-hybridized carbons (Fsp3) is 0.280. The van der Waals surface area contributed by atoms with E-state index in [9.17, 15) is 4.79 Å². The summed E-state index contributed by atoms with van der Waals surface area (Å²) in [6.07, 6.45) is 1.51. The average molecular weight is 631 g/mol. The Morgan fingerprint density at radius 2 is 1.64 bits per heavy atom. The van der Waals surface area contributed by atoms with Crippen LogP contribution in [0, 0.1) is 0 Å². The molecular formula is C25H25Cl5N8O. The number of hydrogen-bond acceptors (Lipinski definition) is 8. The van der Waals surface area contributed by atoms with Crippen molar-refractivity contribution >= 4 is 100 Å². The van der Waals surface area contributed by atoms with Gasteiger partial charge in [0.1, 0.15) is 5.56 Å². The second-order valence-electron chi connectivity index (χ2n) is 9.06. The molecule has 0 atom stereocenters. The molecule has 14 heteroatoms. The van der Waals surface area contributed by atoms with Gasteiger partial charge in [0.25, 0.3) is 5.91 Å². The summed E-state index contributed by atoms with van der Waals surface area (Å²) in [7, 11) is 2.12. The normalized spacial score (nSPS) is 16.7. The van der Waals surface area contributed by atoms with Gasteiger partial charge >= 0.3 is 0 Å². The predicted octanol–water partition coefficient (Wildman–Crippen LogP) is 5.61. The number of amides is 1. The van der Waals surface area contributed by atoms with Crippen LogP contribution >= 0.6 is 59.6 Å². The molecule has 0 aliphatic carbocycles. The zero-order chi connectivity index (χ0) is 25.7. The van der Waals surface area contributed by atoms with Crippen molar-refractivity contribution in [3.63, 3.8) is 0 Å². The van der Waals surface area contributed by atoms with Gasteiger partial charge in [0.15, 0.2) is 5.82 Å². The number of carbonyl (C=O) groups is 1. The highest BCUT2D eigenvalue weighted by Gasteiger charge is 2.41. The number of hydrogen-bond donors (Lipinski definition) is 1. The molecule has 3 aliphatic heterocycles. The van der Waals surface area contributed by atoms with E-state index in [1.807, 2.05) is 23.1 Å². The van der Waals surface area contributed by atoms with Gasteiger partial charge in [-0.2, -0.15) is 4.98 Å². The molecule has 39 heavy (non-hydrogen) atoms. The molecule has 9 nitrogen and oxygen atoms in total. The molecule has 3 aromatic rings. The van der Waals surface area contributed by atoms with Gasteiger partial charge in [0.05, 0.1) is 33.0 Å². The Kier molecular flexibility index (Phi) is 9.00. The van der Waals surface area contributed by atoms with E-state index in [2.05, 4.69) is 37.1 Å². The number of para-hydroxylation sites is 1. The summed E-state index contributed by atoms with van der Waals surface area (Å²) in [6.45, 7) is 4.94. The Morgan fingerprint density at radius 3 is 2.33 bits per heavy atom. The van der Waals surface area contributed by atoms with Gasteiger partial charge in [-0.3, -0.25) is 14.7 Å². The zero-order valence-electron chi connectivity index (χ0n) is 20.8. The first-order chi connectivity index (χ1) is 17.9. The third-order valence-corrected chi connectivity index (χ3v) is 7.60. The highest BCUT2D eigenvalue weighted by atomic mass is 35.5. The standard InChI is InChI=1S/C25H23Cl3N8O.2ClH/c1-33-9-11-34(12-10-33)20-6-5-15(13-19(20)28)31-24-30-14-16-22(32-24)35-8-7-29-25(35)36(23(16)37)21-17(26)3-2-4-18(21)27;;/h2-6,13-14H,7-12H2,1H3,(H,30,31,32);2*1H. The molecule has 6 rings (SSSR count). The minimum absolute atomic E-state index is 0. The number of rotatable bonds is 4. The quantitative estimate of drug-likeness (QED) is 0.402. The van der Waals surface area contributed by atoms with Crippen molar-refractivity contribution < 1.29 is 4.79 Å². The van der Waals surface area contributed by atoms with Crippen molar-refractivity contribution in [2.45, 2.75) is 0 Å². The number of aromatic nitrogens is 2. The Morgan fingerprint density at radius 1 is 0.923 bits per heavy atom. The molecule has 4 heterocycles. The number of likely N-dealkylation sites (N-methyl/N-ethyl adjacent to an activating group) is 1. The topological polar surface area (TPSA) is 80.2 Å². The number of fused-ring (bicyclic) bond motifs is 3. The smallest absolute Gasteiger partial charge is 0.270 e. The largest absolute Gasteiger partial charge is 0.368 e. The van der Waals surface area contributed by atoms with Crippen molar-refractivity contribution in [2.75, 3.05) is 66.3 Å². The number of anilines is 5. The van der Waals surface area contributed by atoms with E-state index in [0.29, 0.717) is 57.1 Å². The SMILES string of the molecule is CN1CCN(c2ccc(Nc3ncc4c(n3)N3CCN=C3N(c3c(Cl)cccc3Cl)C4=O)cc2Cl)CC1.Cl.Cl. The summed E-state index contributed by atoms with van der Waals surface area (Å²) in [5.74, 6) is 0.938. The van der Waals surface area contributed by atoms with Gasteiger partial charge < -0.3 is 15.1 Å². The third-order valence-electron chi connectivity index (χ3n) is 6.69. The number of guanidine groups is 1. The zero-order valence-corrected chi connectivity index (χ0v) is 24.7. The summed E-state index contributed by atoms with van der Waals surface area (Å²) in [6, 6.07) is 10.9. The second kappa shape index (κ2) is 11.9. The summed E-state index contributed by atoms with van der Waals surface area (Å²) >= 11 is 19.5. The maximum Gasteiger partial charge on any atom is 0.270 e. The molecule has 0 saturated carbocycles. The van der Waals surface area contributed by atoms with Crippen molar-refractivity contribution in [1.29, 1.82) is 0 Å². The monoisotopic (exact) mass is 628 g/mol. The molecule has 1 saturated heterocycles. The minimum atomic E-state index is -0.340. The van der Waals surface area contributed by atoms with E-state index < -0.39 is 0 Å². The first kappa shape index (κ1) is 29.5. The van der Waals surface area contributed by atoms with Crippen molar-refractivity contribution in [1.82, 2.24) is 14.9 Å². The molecule has 1 amide bonds. The lowest BCUT2D eigenvalue weighted by Gasteiger charge is -2.35. The van der Waals surface area contributed by atoms with Crippen LogP contribution in [-0.4, -0.2) is 73.1 Å². The fourth-order valence-electron chi connectivity index (χ4n) is 4.75. The lowest BCUT2D eigenvalue weighted by atomic mass is 10.1. The van der Waals surface area contributed by atoms with E-state index in [-0.39, 0.29) is 30.7 Å². The molecule has 3 aliphatic rings. The van der Waals surface area contributed by atoms with Gasteiger partial charge in [0, 0.05) is 44.6 Å². The maximum atomic E-state index is 13.6. The Labute approximate surface area is 253 Å². The second-order valence-corrected chi connectivity index (χ2v) is 10.3. The van der Waals surface area contributed by atoms with E-state index in [0.717, 1.165) is 37.6 Å². The molecule has 0 radical (unpaired) electrons. The van der Waals surface area contributed by atoms with Crippen LogP contribution < -0.4 is 20.0 Å². The summed E-state index contributed by atoms with van der Waals surface area (Å²) < 4.78 is 0. The molecule has 0 unspecified atom stereocenters. The maximum absolute atomic E-state index is 13.6. The lowest BCUT2D eigenvalue weighted by molar-refractivity contribution is 0.1000. The van der Waals surface area contributed by atoms with E-state index >= 15 is 0 Å². The van der Waals surface area contributed by atoms with Crippen LogP contribution in [0.4, 0.5) is 28.8 Å². The van der Waals surface area contributed by atoms with Gasteiger partial charge in [0.2, 0.25) is 11.9 Å². The summed E-state index contributed by atoms with van der Waals surface area (Å²) in [5, 5.41) is 4.59. The molecular weight excluding hydrogens is 606 g/mol. The molecule has 0 bridgehead atoms. The fourth-order valence-corrected chi connectivity index (χ4v) is 5.62. The number of carbonyl (C=O) groups excluding carboxylic acids is 1. The average Bonchev–Trinajstić information content (AvgIpc) is 3.36. The Hall–Kier alpha value is -2.53. The van der Waals surface area contributed by atoms with Crippen LogP contribution in [0.15, 0.2) is 47.6 Å². The number of piperazine rings is 1. The molecule has 1 N–H and O–H groups in total. The number of benzene rings is 2. The van der Waals surface area contributed by atoms with E-state index in [1.165, 1.54) is 11.1 Å². The summed E-state index contributed by atoms with van der Waals surface area (Å²) in [4.78, 5) is 35.1. The first-order valence-electron chi connectivity index (χ1n) is 11.9. The van der Waals surface area contributed by atoms with E-state index in [1.54, 1.807) is 18.2 Å². The van der Waals surface area contributed by atoms with Crippen LogP contribution in [0.3, 0.4) is 0 Å². The number of aliphatic imine (C=N–C) groups is 1. The predicted molar refractivity (Wildman–Crippen MR) is 164 cm³/mol. The molecule has 1 fully saturated rings. The van der Waals surface area contributed by atoms with Crippen molar-refractivity contribution in [3.05, 3.63) is 63.2 Å². The van der Waals surface area contributed by atoms with Gasteiger partial charge in [-0.1, -0.05) is 40.9 Å². The molecule has 0 spiro atoms. The third kappa shape index (κ3) is 5.44. The van der Waals surface area contributed by atoms with Gasteiger partial charge in [-0.15, -0.1) is 24.8 Å². The lowest BCUT2D eigenvalue weighted by Crippen LogP contribution is -2.51. The van der Waals surface area contributed by atoms with Crippen LogP contribution in [0.2, 0.25) is 15.1 Å². The van der Waals surface area contributed by atoms with Crippen LogP contribution in [0.25, 0.3) is 0 Å². The van der Waals surface area contributed by atoms with Crippen LogP contribution in [0.5, 0.6) is 0 Å². The highest BCUT2D eigenvalue weighted by Crippen LogP contribution is 2.40. The van der Waals surface area contributed by atoms with Gasteiger partial charge in [-0.05, 0) is 37.4 Å². The molecule has 2 aromatic carbocycles. The summed E-state index contributed by atoms with van der Waals surface area (Å²) in [5.41, 5.74) is 2.49. The minimum Gasteiger partial charge on any atom is -0.368 e. The van der Waals surface area contributed by atoms with Crippen molar-refractivity contribution in [3.8, 4) is 0 Å². The van der Waals surface area contributed by atoms with Crippen LogP contribution in [-0.2, 0) is 0 Å².